The zero-order valence-corrected chi connectivity index (χ0v) is 10.2. The molecule has 0 aliphatic heterocycles. The molecule has 0 bridgehead atoms. The van der Waals surface area contributed by atoms with Crippen molar-refractivity contribution in [1.82, 2.24) is 4.98 Å². The lowest BCUT2D eigenvalue weighted by Gasteiger charge is -2.13. The van der Waals surface area contributed by atoms with E-state index in [2.05, 4.69) is 4.98 Å². The second kappa shape index (κ2) is 4.87. The maximum atomic E-state index is 12.8. The number of benzene rings is 1. The number of aromatic nitrogens is 1. The van der Waals surface area contributed by atoms with Crippen LogP contribution in [0.1, 0.15) is 17.6 Å². The van der Waals surface area contributed by atoms with Gasteiger partial charge in [0.25, 0.3) is 10.1 Å². The highest BCUT2D eigenvalue weighted by Gasteiger charge is 2.24. The fourth-order valence-corrected chi connectivity index (χ4v) is 1.96. The molecule has 18 heavy (non-hydrogen) atoms. The Hall–Kier alpha value is -1.73. The smallest absolute Gasteiger partial charge is 0.265 e. The summed E-state index contributed by atoms with van der Waals surface area (Å²) in [7, 11) is -3.70. The molecule has 1 aromatic heterocycles. The molecule has 1 aromatic carbocycles. The Morgan fingerprint density at radius 2 is 2.00 bits per heavy atom. The lowest BCUT2D eigenvalue weighted by Crippen LogP contribution is -2.12. The average molecular weight is 271 g/mol. The highest BCUT2D eigenvalue weighted by molar-refractivity contribution is 7.86. The minimum absolute atomic E-state index is 0.0898. The van der Waals surface area contributed by atoms with Crippen LogP contribution in [0.2, 0.25) is 0 Å². The van der Waals surface area contributed by atoms with Gasteiger partial charge in [0.15, 0.2) is 6.10 Å². The van der Waals surface area contributed by atoms with Gasteiger partial charge in [-0.2, -0.15) is 8.42 Å². The van der Waals surface area contributed by atoms with Gasteiger partial charge in [-0.25, -0.2) is 9.37 Å². The zero-order chi connectivity index (χ0) is 13.2. The summed E-state index contributed by atoms with van der Waals surface area (Å²) in [6.07, 6.45) is 2.58. The summed E-state index contributed by atoms with van der Waals surface area (Å²) in [6, 6.07) is 5.23. The second-order valence-corrected chi connectivity index (χ2v) is 5.20. The van der Waals surface area contributed by atoms with E-state index in [1.807, 2.05) is 0 Å². The first-order chi connectivity index (χ1) is 8.46. The van der Waals surface area contributed by atoms with Gasteiger partial charge in [0.05, 0.1) is 12.5 Å². The first kappa shape index (κ1) is 12.7. The summed E-state index contributed by atoms with van der Waals surface area (Å²) in [5.74, 6) is -0.337. The van der Waals surface area contributed by atoms with Crippen LogP contribution in [-0.4, -0.2) is 19.7 Å². The lowest BCUT2D eigenvalue weighted by atomic mass is 10.1. The molecule has 0 aliphatic rings. The van der Waals surface area contributed by atoms with Gasteiger partial charge in [0.1, 0.15) is 12.1 Å². The molecule has 0 saturated carbocycles. The summed E-state index contributed by atoms with van der Waals surface area (Å²) in [5, 5.41) is 0. The quantitative estimate of drug-likeness (QED) is 0.794. The standard InChI is InChI=1S/C11H10FNO4S/c1-18(14,15)17-10(11-13-6-7-16-11)8-2-4-9(12)5-3-8/h2-7,10H,1H3. The molecular weight excluding hydrogens is 261 g/mol. The van der Waals surface area contributed by atoms with Crippen molar-refractivity contribution >= 4 is 10.1 Å². The van der Waals surface area contributed by atoms with Crippen LogP contribution < -0.4 is 0 Å². The number of halogens is 1. The molecule has 5 nitrogen and oxygen atoms in total. The molecule has 7 heteroatoms. The molecule has 0 fully saturated rings. The Morgan fingerprint density at radius 3 is 2.50 bits per heavy atom. The van der Waals surface area contributed by atoms with Crippen molar-refractivity contribution in [2.45, 2.75) is 6.10 Å². The molecule has 1 atom stereocenters. The zero-order valence-electron chi connectivity index (χ0n) is 9.41. The molecule has 0 saturated heterocycles. The topological polar surface area (TPSA) is 69.4 Å². The van der Waals surface area contributed by atoms with Crippen LogP contribution in [0.4, 0.5) is 4.39 Å². The van der Waals surface area contributed by atoms with E-state index in [4.69, 9.17) is 8.60 Å². The van der Waals surface area contributed by atoms with Crippen LogP contribution in [0.25, 0.3) is 0 Å². The molecule has 0 radical (unpaired) electrons. The van der Waals surface area contributed by atoms with Crippen LogP contribution in [0, 0.1) is 5.82 Å². The monoisotopic (exact) mass is 271 g/mol. The SMILES string of the molecule is CS(=O)(=O)OC(c1ccc(F)cc1)c1ncco1. The van der Waals surface area contributed by atoms with Crippen molar-refractivity contribution in [2.75, 3.05) is 6.26 Å². The van der Waals surface area contributed by atoms with Crippen LogP contribution in [-0.2, 0) is 14.3 Å². The number of hydrogen-bond acceptors (Lipinski definition) is 5. The van der Waals surface area contributed by atoms with Gasteiger partial charge in [-0.05, 0) is 17.7 Å². The molecule has 2 aromatic rings. The van der Waals surface area contributed by atoms with Crippen LogP contribution in [0.3, 0.4) is 0 Å². The van der Waals surface area contributed by atoms with Crippen LogP contribution >= 0.6 is 0 Å². The van der Waals surface area contributed by atoms with Crippen molar-refractivity contribution in [3.63, 3.8) is 0 Å². The maximum absolute atomic E-state index is 12.8. The lowest BCUT2D eigenvalue weighted by molar-refractivity contribution is 0.216. The van der Waals surface area contributed by atoms with Crippen LogP contribution in [0.5, 0.6) is 0 Å². The Bertz CT molecular complexity index is 607. The van der Waals surface area contributed by atoms with Crippen molar-refractivity contribution in [2.24, 2.45) is 0 Å². The average Bonchev–Trinajstić information content (AvgIpc) is 2.79. The third-order valence-corrected chi connectivity index (χ3v) is 2.66. The first-order valence-corrected chi connectivity index (χ1v) is 6.80. The van der Waals surface area contributed by atoms with Gasteiger partial charge < -0.3 is 4.42 Å². The fraction of sp³-hybridized carbons (Fsp3) is 0.182. The molecule has 0 amide bonds. The molecular formula is C11H10FNO4S. The first-order valence-electron chi connectivity index (χ1n) is 4.99. The number of oxazole rings is 1. The Labute approximate surface area is 103 Å². The van der Waals surface area contributed by atoms with Gasteiger partial charge in [0, 0.05) is 0 Å². The molecule has 1 heterocycles. The third kappa shape index (κ3) is 3.14. The predicted molar refractivity (Wildman–Crippen MR) is 60.7 cm³/mol. The Balaban J connectivity index is 2.39. The van der Waals surface area contributed by atoms with Gasteiger partial charge in [0.2, 0.25) is 5.89 Å². The molecule has 2 rings (SSSR count). The molecule has 1 unspecified atom stereocenters. The Kier molecular flexibility index (Phi) is 3.44. The maximum Gasteiger partial charge on any atom is 0.265 e. The van der Waals surface area contributed by atoms with E-state index >= 15 is 0 Å². The summed E-state index contributed by atoms with van der Waals surface area (Å²) < 4.78 is 45.2. The highest BCUT2D eigenvalue weighted by Crippen LogP contribution is 2.26. The number of rotatable bonds is 4. The van der Waals surface area contributed by atoms with Crippen molar-refractivity contribution in [3.8, 4) is 0 Å². The summed E-state index contributed by atoms with van der Waals surface area (Å²) in [5.41, 5.74) is 0.435. The molecule has 96 valence electrons. The molecule has 0 N–H and O–H groups in total. The van der Waals surface area contributed by atoms with Gasteiger partial charge >= 0.3 is 0 Å². The van der Waals surface area contributed by atoms with E-state index in [0.717, 1.165) is 6.26 Å². The largest absolute Gasteiger partial charge is 0.446 e. The molecule has 0 aliphatic carbocycles. The number of hydrogen-bond donors (Lipinski definition) is 0. The van der Waals surface area contributed by atoms with Gasteiger partial charge in [-0.3, -0.25) is 4.18 Å². The van der Waals surface area contributed by atoms with E-state index in [-0.39, 0.29) is 5.89 Å². The minimum atomic E-state index is -3.70. The van der Waals surface area contributed by atoms with Crippen molar-refractivity contribution < 1.29 is 21.4 Å². The van der Waals surface area contributed by atoms with Gasteiger partial charge in [-0.1, -0.05) is 12.1 Å². The summed E-state index contributed by atoms with van der Waals surface area (Å²) in [6.45, 7) is 0. The number of nitrogens with zero attached hydrogens (tertiary/aromatic N) is 1. The summed E-state index contributed by atoms with van der Waals surface area (Å²) >= 11 is 0. The van der Waals surface area contributed by atoms with Gasteiger partial charge in [-0.15, -0.1) is 0 Å². The van der Waals surface area contributed by atoms with E-state index in [1.165, 1.54) is 36.7 Å². The summed E-state index contributed by atoms with van der Waals surface area (Å²) in [4.78, 5) is 3.85. The highest BCUT2D eigenvalue weighted by atomic mass is 32.2. The van der Waals surface area contributed by atoms with E-state index in [0.29, 0.717) is 5.56 Å². The normalized spacial score (nSPS) is 13.4. The second-order valence-electron chi connectivity index (χ2n) is 3.60. The molecule has 0 spiro atoms. The van der Waals surface area contributed by atoms with Crippen molar-refractivity contribution in [3.05, 3.63) is 54.0 Å². The van der Waals surface area contributed by atoms with Crippen molar-refractivity contribution in [1.29, 1.82) is 0 Å². The van der Waals surface area contributed by atoms with E-state index < -0.39 is 22.0 Å². The third-order valence-electron chi connectivity index (χ3n) is 2.12. The minimum Gasteiger partial charge on any atom is -0.446 e. The van der Waals surface area contributed by atoms with Crippen LogP contribution in [0.15, 0.2) is 41.1 Å². The van der Waals surface area contributed by atoms with E-state index in [9.17, 15) is 12.8 Å². The Morgan fingerprint density at radius 1 is 1.33 bits per heavy atom. The predicted octanol–water partition coefficient (Wildman–Crippen LogP) is 1.88. The fourth-order valence-electron chi connectivity index (χ4n) is 1.42. The van der Waals surface area contributed by atoms with E-state index in [1.54, 1.807) is 0 Å².